The van der Waals surface area contributed by atoms with E-state index in [0.29, 0.717) is 55.2 Å². The summed E-state index contributed by atoms with van der Waals surface area (Å²) in [5.41, 5.74) is 5.61. The fourth-order valence-corrected chi connectivity index (χ4v) is 4.94. The number of hydrogen-bond donors (Lipinski definition) is 1. The molecule has 1 N–H and O–H groups in total. The van der Waals surface area contributed by atoms with Gasteiger partial charge in [-0.25, -0.2) is 9.97 Å². The molecule has 180 valence electrons. The molecule has 7 nitrogen and oxygen atoms in total. The van der Waals surface area contributed by atoms with Gasteiger partial charge in [-0.15, -0.1) is 0 Å². The number of rotatable bonds is 3. The summed E-state index contributed by atoms with van der Waals surface area (Å²) in [7, 11) is 0. The molecule has 1 aromatic heterocycles. The number of carbonyl (C=O) groups excluding carboxylic acids is 2. The van der Waals surface area contributed by atoms with Crippen molar-refractivity contribution in [3.8, 4) is 5.75 Å². The number of fused-ring (bicyclic) bond motifs is 1. The van der Waals surface area contributed by atoms with Crippen LogP contribution in [0.25, 0.3) is 0 Å². The third-order valence-electron chi connectivity index (χ3n) is 7.04. The summed E-state index contributed by atoms with van der Waals surface area (Å²) in [6.07, 6.45) is 1.65. The number of ether oxygens (including phenoxy) is 1. The van der Waals surface area contributed by atoms with Crippen molar-refractivity contribution in [3.63, 3.8) is 0 Å². The van der Waals surface area contributed by atoms with Gasteiger partial charge < -0.3 is 15.0 Å². The summed E-state index contributed by atoms with van der Waals surface area (Å²) in [6.45, 7) is 9.02. The first-order valence-electron chi connectivity index (χ1n) is 12.0. The zero-order chi connectivity index (χ0) is 24.7. The minimum absolute atomic E-state index is 0.0111. The second kappa shape index (κ2) is 8.80. The summed E-state index contributed by atoms with van der Waals surface area (Å²) in [5.74, 6) is 1.34. The zero-order valence-corrected chi connectivity index (χ0v) is 20.6. The first kappa shape index (κ1) is 23.0. The van der Waals surface area contributed by atoms with Crippen LogP contribution in [0.4, 0.5) is 11.6 Å². The van der Waals surface area contributed by atoms with Gasteiger partial charge in [-0.05, 0) is 81.3 Å². The normalized spacial score (nSPS) is 16.6. The maximum absolute atomic E-state index is 13.1. The van der Waals surface area contributed by atoms with Gasteiger partial charge in [-0.1, -0.05) is 0 Å². The molecule has 0 bridgehead atoms. The van der Waals surface area contributed by atoms with Gasteiger partial charge in [0.05, 0.1) is 12.0 Å². The third-order valence-corrected chi connectivity index (χ3v) is 7.04. The lowest BCUT2D eigenvalue weighted by Gasteiger charge is -2.44. The third kappa shape index (κ3) is 4.63. The number of aromatic nitrogens is 2. The van der Waals surface area contributed by atoms with E-state index in [1.807, 2.05) is 75.1 Å². The number of piperidine rings is 1. The molecule has 5 rings (SSSR count). The van der Waals surface area contributed by atoms with Gasteiger partial charge in [0.15, 0.2) is 5.78 Å². The summed E-state index contributed by atoms with van der Waals surface area (Å²) in [5, 5.41) is 3.19. The molecule has 0 radical (unpaired) electrons. The number of hydrogen-bond acceptors (Lipinski definition) is 6. The molecule has 0 aliphatic carbocycles. The Kier molecular flexibility index (Phi) is 5.79. The highest BCUT2D eigenvalue weighted by molar-refractivity contribution is 6.01. The number of carbonyl (C=O) groups is 2. The van der Waals surface area contributed by atoms with Crippen molar-refractivity contribution < 1.29 is 14.3 Å². The molecule has 0 unspecified atom stereocenters. The molecule has 2 aliphatic heterocycles. The molecule has 1 amide bonds. The van der Waals surface area contributed by atoms with Crippen LogP contribution in [0.2, 0.25) is 0 Å². The van der Waals surface area contributed by atoms with Crippen LogP contribution >= 0.6 is 0 Å². The largest absolute Gasteiger partial charge is 0.486 e. The smallest absolute Gasteiger partial charge is 0.253 e. The molecule has 3 heterocycles. The summed E-state index contributed by atoms with van der Waals surface area (Å²) in [4.78, 5) is 36.7. The van der Waals surface area contributed by atoms with E-state index in [1.54, 1.807) is 0 Å². The van der Waals surface area contributed by atoms with E-state index in [0.717, 1.165) is 28.2 Å². The average Bonchev–Trinajstić information content (AvgIpc) is 2.80. The Morgan fingerprint density at radius 3 is 2.23 bits per heavy atom. The molecule has 35 heavy (non-hydrogen) atoms. The molecule has 1 spiro atoms. The van der Waals surface area contributed by atoms with Crippen molar-refractivity contribution in [1.82, 2.24) is 14.9 Å². The van der Waals surface area contributed by atoms with Gasteiger partial charge in [0.25, 0.3) is 5.91 Å². The number of likely N-dealkylation sites (tertiary alicyclic amines) is 1. The highest BCUT2D eigenvalue weighted by Gasteiger charge is 2.43. The number of nitrogens with one attached hydrogen (secondary N) is 1. The van der Waals surface area contributed by atoms with Gasteiger partial charge in [0.2, 0.25) is 5.95 Å². The van der Waals surface area contributed by atoms with Crippen molar-refractivity contribution in [3.05, 3.63) is 76.1 Å². The van der Waals surface area contributed by atoms with Crippen LogP contribution in [0.15, 0.2) is 42.5 Å². The van der Waals surface area contributed by atoms with Gasteiger partial charge in [0, 0.05) is 48.6 Å². The maximum Gasteiger partial charge on any atom is 0.253 e. The number of ketones is 1. The number of anilines is 2. The molecular formula is C28H30N4O3. The van der Waals surface area contributed by atoms with Crippen molar-refractivity contribution in [2.45, 2.75) is 52.6 Å². The molecule has 1 fully saturated rings. The summed E-state index contributed by atoms with van der Waals surface area (Å²) in [6, 6.07) is 13.2. The van der Waals surface area contributed by atoms with Crippen LogP contribution in [0.5, 0.6) is 5.75 Å². The van der Waals surface area contributed by atoms with Gasteiger partial charge in [-0.2, -0.15) is 0 Å². The maximum atomic E-state index is 13.1. The Morgan fingerprint density at radius 2 is 1.57 bits per heavy atom. The van der Waals surface area contributed by atoms with Crippen molar-refractivity contribution in [1.29, 1.82) is 0 Å². The fourth-order valence-electron chi connectivity index (χ4n) is 4.94. The van der Waals surface area contributed by atoms with Crippen LogP contribution in [0.3, 0.4) is 0 Å². The molecule has 1 saturated heterocycles. The molecule has 2 aromatic carbocycles. The topological polar surface area (TPSA) is 84.4 Å². The Balaban J connectivity index is 1.24. The molecule has 7 heteroatoms. The number of Topliss-reactive ketones (excluding diaryl/α,β-unsaturated/α-hetero) is 1. The van der Waals surface area contributed by atoms with Crippen LogP contribution in [0.1, 0.15) is 62.5 Å². The Hall–Kier alpha value is -3.74. The van der Waals surface area contributed by atoms with E-state index in [4.69, 9.17) is 4.74 Å². The van der Waals surface area contributed by atoms with Gasteiger partial charge in [0.1, 0.15) is 11.4 Å². The van der Waals surface area contributed by atoms with E-state index in [1.165, 1.54) is 0 Å². The summed E-state index contributed by atoms with van der Waals surface area (Å²) < 4.78 is 6.41. The predicted octanol–water partition coefficient (Wildman–Crippen LogP) is 5.09. The molecular weight excluding hydrogens is 440 g/mol. The lowest BCUT2D eigenvalue weighted by atomic mass is 9.81. The first-order valence-corrected chi connectivity index (χ1v) is 12.0. The van der Waals surface area contributed by atoms with Crippen LogP contribution < -0.4 is 10.1 Å². The Labute approximate surface area is 205 Å². The molecule has 2 aliphatic rings. The predicted molar refractivity (Wildman–Crippen MR) is 135 cm³/mol. The summed E-state index contributed by atoms with van der Waals surface area (Å²) >= 11 is 0. The van der Waals surface area contributed by atoms with Gasteiger partial charge in [-0.3, -0.25) is 9.59 Å². The molecule has 0 saturated carbocycles. The number of nitrogens with zero attached hydrogens (tertiary/aromatic N) is 3. The number of amides is 1. The lowest BCUT2D eigenvalue weighted by molar-refractivity contribution is -0.00575. The highest BCUT2D eigenvalue weighted by Crippen LogP contribution is 2.40. The van der Waals surface area contributed by atoms with Crippen LogP contribution in [-0.4, -0.2) is 45.2 Å². The van der Waals surface area contributed by atoms with E-state index in [-0.39, 0.29) is 11.7 Å². The standard InChI is InChI=1S/C28H30N4O3/c1-17-13-23-24(33)16-28(35-25(23)14-18(17)2)9-11-32(12-10-28)26(34)21-5-7-22(8-6-21)31-27-29-19(3)15-20(4)30-27/h5-8,13-15H,9-12,16H2,1-4H3,(H,29,30,31). The molecule has 3 aromatic rings. The van der Waals surface area contributed by atoms with E-state index in [2.05, 4.69) is 15.3 Å². The lowest BCUT2D eigenvalue weighted by Crippen LogP contribution is -2.52. The number of benzene rings is 2. The second-order valence-corrected chi connectivity index (χ2v) is 9.79. The van der Waals surface area contributed by atoms with Gasteiger partial charge >= 0.3 is 0 Å². The SMILES string of the molecule is Cc1cc(C)nc(Nc2ccc(C(=O)N3CCC4(CC3)CC(=O)c3cc(C)c(C)cc3O4)cc2)n1. The quantitative estimate of drug-likeness (QED) is 0.574. The van der Waals surface area contributed by atoms with Crippen LogP contribution in [0, 0.1) is 27.7 Å². The number of aryl methyl sites for hydroxylation is 4. The second-order valence-electron chi connectivity index (χ2n) is 9.79. The van der Waals surface area contributed by atoms with E-state index in [9.17, 15) is 9.59 Å². The minimum Gasteiger partial charge on any atom is -0.486 e. The van der Waals surface area contributed by atoms with Crippen LogP contribution in [-0.2, 0) is 0 Å². The van der Waals surface area contributed by atoms with Crippen molar-refractivity contribution in [2.24, 2.45) is 0 Å². The minimum atomic E-state index is -0.526. The van der Waals surface area contributed by atoms with E-state index >= 15 is 0 Å². The Morgan fingerprint density at radius 1 is 0.943 bits per heavy atom. The van der Waals surface area contributed by atoms with Crippen molar-refractivity contribution in [2.75, 3.05) is 18.4 Å². The van der Waals surface area contributed by atoms with Crippen molar-refractivity contribution >= 4 is 23.3 Å². The molecule has 0 atom stereocenters. The zero-order valence-electron chi connectivity index (χ0n) is 20.6. The van der Waals surface area contributed by atoms with E-state index < -0.39 is 5.60 Å². The fraction of sp³-hybridized carbons (Fsp3) is 0.357. The highest BCUT2D eigenvalue weighted by atomic mass is 16.5. The Bertz CT molecular complexity index is 1290. The average molecular weight is 471 g/mol. The first-order chi connectivity index (χ1) is 16.7. The monoisotopic (exact) mass is 470 g/mol.